The first kappa shape index (κ1) is 18.5. The molecule has 0 radical (unpaired) electrons. The number of rotatable bonds is 3. The van der Waals surface area contributed by atoms with E-state index in [1.165, 1.54) is 11.3 Å². The second-order valence-electron chi connectivity index (χ2n) is 6.94. The van der Waals surface area contributed by atoms with Gasteiger partial charge in [0.2, 0.25) is 5.91 Å². The zero-order chi connectivity index (χ0) is 19.7. The third-order valence-electron chi connectivity index (χ3n) is 5.12. The van der Waals surface area contributed by atoms with E-state index in [9.17, 15) is 14.8 Å². The summed E-state index contributed by atoms with van der Waals surface area (Å²) < 4.78 is 0. The molecule has 3 amide bonds. The lowest BCUT2D eigenvalue weighted by atomic mass is 9.86. The predicted octanol–water partition coefficient (Wildman–Crippen LogP) is 3.79. The molecule has 2 heterocycles. The number of hydroxylamine groups is 1. The third kappa shape index (κ3) is 3.58. The highest BCUT2D eigenvalue weighted by Crippen LogP contribution is 2.34. The molecule has 1 saturated heterocycles. The number of fused-ring (bicyclic) bond motifs is 1. The predicted molar refractivity (Wildman–Crippen MR) is 109 cm³/mol. The molecule has 1 aromatic carbocycles. The Morgan fingerprint density at radius 2 is 1.93 bits per heavy atom. The molecule has 1 unspecified atom stereocenters. The normalized spacial score (nSPS) is 18.8. The summed E-state index contributed by atoms with van der Waals surface area (Å²) in [6.07, 6.45) is 5.10. The molecule has 1 aliphatic carbocycles. The van der Waals surface area contributed by atoms with Crippen LogP contribution in [0.25, 0.3) is 10.4 Å². The van der Waals surface area contributed by atoms with Crippen molar-refractivity contribution in [1.29, 1.82) is 0 Å². The Morgan fingerprint density at radius 3 is 2.68 bits per heavy atom. The number of nitrogens with zero attached hydrogens (tertiary/aromatic N) is 2. The van der Waals surface area contributed by atoms with Crippen LogP contribution >= 0.6 is 11.3 Å². The summed E-state index contributed by atoms with van der Waals surface area (Å²) in [7, 11) is 0. The van der Waals surface area contributed by atoms with Gasteiger partial charge in [-0.2, -0.15) is 5.06 Å². The van der Waals surface area contributed by atoms with E-state index in [4.69, 9.17) is 5.73 Å². The number of anilines is 1. The van der Waals surface area contributed by atoms with E-state index in [0.717, 1.165) is 26.7 Å². The van der Waals surface area contributed by atoms with E-state index in [1.54, 1.807) is 11.0 Å². The maximum atomic E-state index is 12.8. The molecular formula is C21H21N3O3S. The van der Waals surface area contributed by atoms with Gasteiger partial charge in [0, 0.05) is 18.0 Å². The molecule has 3 N–H and O–H groups in total. The summed E-state index contributed by atoms with van der Waals surface area (Å²) in [6, 6.07) is 13.0. The average Bonchev–Trinajstić information content (AvgIpc) is 3.22. The molecule has 28 heavy (non-hydrogen) atoms. The summed E-state index contributed by atoms with van der Waals surface area (Å²) in [5, 5.41) is 11.7. The number of nitrogens with two attached hydrogens (primary N) is 1. The van der Waals surface area contributed by atoms with Crippen LogP contribution in [0.4, 0.5) is 9.80 Å². The second kappa shape index (κ2) is 7.61. The van der Waals surface area contributed by atoms with E-state index >= 15 is 0 Å². The van der Waals surface area contributed by atoms with Gasteiger partial charge in [-0.05, 0) is 41.7 Å². The molecule has 4 rings (SSSR count). The van der Waals surface area contributed by atoms with Crippen molar-refractivity contribution < 1.29 is 14.8 Å². The van der Waals surface area contributed by atoms with Crippen molar-refractivity contribution in [2.45, 2.75) is 12.8 Å². The fraction of sp³-hybridized carbons (Fsp3) is 0.238. The number of benzene rings is 1. The van der Waals surface area contributed by atoms with Crippen LogP contribution < -0.4 is 10.8 Å². The van der Waals surface area contributed by atoms with E-state index in [2.05, 4.69) is 0 Å². The van der Waals surface area contributed by atoms with Gasteiger partial charge in [-0.3, -0.25) is 10.0 Å². The number of urea groups is 1. The maximum Gasteiger partial charge on any atom is 0.349 e. The van der Waals surface area contributed by atoms with Gasteiger partial charge < -0.3 is 10.6 Å². The molecule has 0 bridgehead atoms. The van der Waals surface area contributed by atoms with Crippen molar-refractivity contribution in [2.75, 3.05) is 18.2 Å². The lowest BCUT2D eigenvalue weighted by molar-refractivity contribution is -0.120. The van der Waals surface area contributed by atoms with Gasteiger partial charge in [-0.1, -0.05) is 42.5 Å². The Balaban J connectivity index is 1.45. The highest BCUT2D eigenvalue weighted by atomic mass is 32.1. The van der Waals surface area contributed by atoms with Crippen LogP contribution in [-0.2, 0) is 4.79 Å². The molecule has 0 saturated carbocycles. The molecule has 0 spiro atoms. The van der Waals surface area contributed by atoms with E-state index < -0.39 is 6.03 Å². The number of amides is 3. The van der Waals surface area contributed by atoms with Gasteiger partial charge >= 0.3 is 6.03 Å². The van der Waals surface area contributed by atoms with Crippen molar-refractivity contribution in [3.05, 3.63) is 65.8 Å². The Hall–Kier alpha value is -2.90. The molecule has 1 atom stereocenters. The van der Waals surface area contributed by atoms with Crippen molar-refractivity contribution in [2.24, 2.45) is 11.7 Å². The van der Waals surface area contributed by atoms with Crippen molar-refractivity contribution >= 4 is 28.3 Å². The number of hydrogen-bond acceptors (Lipinski definition) is 4. The zero-order valence-electron chi connectivity index (χ0n) is 15.2. The number of hydrogen-bond donors (Lipinski definition) is 2. The monoisotopic (exact) mass is 395 g/mol. The lowest BCUT2D eigenvalue weighted by Gasteiger charge is -2.34. The first-order valence-electron chi connectivity index (χ1n) is 9.15. The van der Waals surface area contributed by atoms with E-state index in [0.29, 0.717) is 30.9 Å². The number of carbonyl (C=O) groups excluding carboxylic acids is 2. The van der Waals surface area contributed by atoms with Crippen molar-refractivity contribution in [1.82, 2.24) is 4.90 Å². The number of thiophene rings is 1. The van der Waals surface area contributed by atoms with Crippen LogP contribution in [0.15, 0.2) is 65.8 Å². The van der Waals surface area contributed by atoms with Gasteiger partial charge in [0.05, 0.1) is 5.92 Å². The Labute approximate surface area is 167 Å². The fourth-order valence-corrected chi connectivity index (χ4v) is 4.47. The molecule has 6 nitrogen and oxygen atoms in total. The van der Waals surface area contributed by atoms with Gasteiger partial charge in [0.1, 0.15) is 5.00 Å². The molecule has 1 fully saturated rings. The molecule has 2 aromatic rings. The number of allylic oxidation sites excluding steroid dienone is 1. The van der Waals surface area contributed by atoms with Crippen LogP contribution in [0.2, 0.25) is 0 Å². The zero-order valence-corrected chi connectivity index (χ0v) is 16.1. The number of likely N-dealkylation sites (tertiary alicyclic amines) is 1. The molecule has 144 valence electrons. The fourth-order valence-electron chi connectivity index (χ4n) is 3.56. The van der Waals surface area contributed by atoms with Gasteiger partial charge in [0.15, 0.2) is 0 Å². The van der Waals surface area contributed by atoms with Gasteiger partial charge in [-0.25, -0.2) is 4.79 Å². The number of piperidine rings is 1. The molecular weight excluding hydrogens is 374 g/mol. The van der Waals surface area contributed by atoms with Gasteiger partial charge in [0.25, 0.3) is 0 Å². The smallest absolute Gasteiger partial charge is 0.349 e. The molecule has 1 aromatic heterocycles. The SMILES string of the molecule is NC(=O)C1C=C2CCN(C(=O)N(O)c3ccc(-c4ccccc4)s3)CC2=CC1. The minimum absolute atomic E-state index is 0.266. The quantitative estimate of drug-likeness (QED) is 0.612. The van der Waals surface area contributed by atoms with Crippen molar-refractivity contribution in [3.63, 3.8) is 0 Å². The van der Waals surface area contributed by atoms with Gasteiger partial charge in [-0.15, -0.1) is 11.3 Å². The summed E-state index contributed by atoms with van der Waals surface area (Å²) in [5.41, 5.74) is 8.55. The minimum atomic E-state index is -0.446. The Bertz CT molecular complexity index is 964. The number of carbonyl (C=O) groups is 2. The average molecular weight is 395 g/mol. The second-order valence-corrected chi connectivity index (χ2v) is 8.00. The topological polar surface area (TPSA) is 86.9 Å². The van der Waals surface area contributed by atoms with E-state index in [-0.39, 0.29) is 11.8 Å². The van der Waals surface area contributed by atoms with E-state index in [1.807, 2.05) is 48.6 Å². The summed E-state index contributed by atoms with van der Waals surface area (Å²) in [4.78, 5) is 26.8. The number of primary amides is 1. The molecule has 7 heteroatoms. The Morgan fingerprint density at radius 1 is 1.14 bits per heavy atom. The van der Waals surface area contributed by atoms with Crippen LogP contribution in [0.5, 0.6) is 0 Å². The first-order valence-corrected chi connectivity index (χ1v) is 9.97. The first-order chi connectivity index (χ1) is 13.5. The third-order valence-corrected chi connectivity index (χ3v) is 6.23. The highest BCUT2D eigenvalue weighted by Gasteiger charge is 2.30. The van der Waals surface area contributed by atoms with Crippen LogP contribution in [-0.4, -0.2) is 35.1 Å². The molecule has 2 aliphatic rings. The molecule has 1 aliphatic heterocycles. The maximum absolute atomic E-state index is 12.8. The summed E-state index contributed by atoms with van der Waals surface area (Å²) in [6.45, 7) is 0.908. The summed E-state index contributed by atoms with van der Waals surface area (Å²) >= 11 is 1.36. The largest absolute Gasteiger partial charge is 0.369 e. The van der Waals surface area contributed by atoms with Crippen molar-refractivity contribution in [3.8, 4) is 10.4 Å². The van der Waals surface area contributed by atoms with Crippen LogP contribution in [0, 0.1) is 5.92 Å². The highest BCUT2D eigenvalue weighted by molar-refractivity contribution is 7.19. The Kier molecular flexibility index (Phi) is 5.02. The standard InChI is InChI=1S/C21H21N3O3S/c22-20(25)16-6-7-17-13-23(11-10-15(17)12-16)21(26)24(27)19-9-8-18(28-19)14-4-2-1-3-5-14/h1-5,7-9,12,16,27H,6,10-11,13H2,(H2,22,25). The lowest BCUT2D eigenvalue weighted by Crippen LogP contribution is -2.45. The van der Waals surface area contributed by atoms with Crippen LogP contribution in [0.3, 0.4) is 0 Å². The minimum Gasteiger partial charge on any atom is -0.369 e. The van der Waals surface area contributed by atoms with Crippen LogP contribution in [0.1, 0.15) is 12.8 Å². The summed E-state index contributed by atoms with van der Waals surface area (Å²) in [5.74, 6) is -0.590.